The van der Waals surface area contributed by atoms with E-state index in [2.05, 4.69) is 23.2 Å². The highest BCUT2D eigenvalue weighted by atomic mass is 35.5. The fourth-order valence-electron chi connectivity index (χ4n) is 5.10. The topological polar surface area (TPSA) is 69.3 Å². The SMILES string of the molecule is CCc1cccc(C)c1N1CC(C(=O)N2CCc3[nH]nc(-c4cccc(Cl)c4)c3C2)CC1=O. The number of rotatable bonds is 4. The summed E-state index contributed by atoms with van der Waals surface area (Å²) < 4.78 is 0. The zero-order chi connectivity index (χ0) is 23.1. The van der Waals surface area contributed by atoms with Crippen LogP contribution in [0.2, 0.25) is 5.02 Å². The van der Waals surface area contributed by atoms with Crippen LogP contribution in [0.1, 0.15) is 35.7 Å². The number of benzene rings is 2. The van der Waals surface area contributed by atoms with E-state index >= 15 is 0 Å². The average Bonchev–Trinajstić information content (AvgIpc) is 3.41. The van der Waals surface area contributed by atoms with E-state index in [1.807, 2.05) is 53.1 Å². The molecule has 170 valence electrons. The van der Waals surface area contributed by atoms with Crippen molar-refractivity contribution < 1.29 is 9.59 Å². The minimum Gasteiger partial charge on any atom is -0.338 e. The Labute approximate surface area is 198 Å². The molecule has 2 aliphatic heterocycles. The first kappa shape index (κ1) is 21.7. The fraction of sp³-hybridized carbons (Fsp3) is 0.346. The van der Waals surface area contributed by atoms with Crippen LogP contribution < -0.4 is 4.90 Å². The fourth-order valence-corrected chi connectivity index (χ4v) is 5.29. The van der Waals surface area contributed by atoms with Crippen molar-refractivity contribution in [3.05, 3.63) is 69.9 Å². The molecule has 3 heterocycles. The highest BCUT2D eigenvalue weighted by Crippen LogP contribution is 2.34. The van der Waals surface area contributed by atoms with Gasteiger partial charge in [0.05, 0.1) is 11.6 Å². The maximum absolute atomic E-state index is 13.5. The predicted octanol–water partition coefficient (Wildman–Crippen LogP) is 4.54. The Bertz CT molecular complexity index is 1230. The molecule has 6 nitrogen and oxygen atoms in total. The number of nitrogens with zero attached hydrogens (tertiary/aromatic N) is 3. The third-order valence-corrected chi connectivity index (χ3v) is 7.02. The highest BCUT2D eigenvalue weighted by molar-refractivity contribution is 6.30. The molecule has 0 radical (unpaired) electrons. The van der Waals surface area contributed by atoms with Gasteiger partial charge in [-0.15, -0.1) is 0 Å². The Morgan fingerprint density at radius 1 is 1.24 bits per heavy atom. The first-order valence-electron chi connectivity index (χ1n) is 11.5. The minimum absolute atomic E-state index is 0.0259. The van der Waals surface area contributed by atoms with Gasteiger partial charge in [0.1, 0.15) is 0 Å². The Kier molecular flexibility index (Phi) is 5.71. The van der Waals surface area contributed by atoms with Crippen LogP contribution in [0.15, 0.2) is 42.5 Å². The Hall–Kier alpha value is -3.12. The number of fused-ring (bicyclic) bond motifs is 1. The number of nitrogens with one attached hydrogen (secondary N) is 1. The molecular weight excluding hydrogens is 436 g/mol. The van der Waals surface area contributed by atoms with Gasteiger partial charge in [0.2, 0.25) is 11.8 Å². The van der Waals surface area contributed by atoms with Gasteiger partial charge >= 0.3 is 0 Å². The summed E-state index contributed by atoms with van der Waals surface area (Å²) >= 11 is 6.18. The zero-order valence-corrected chi connectivity index (χ0v) is 19.7. The van der Waals surface area contributed by atoms with Gasteiger partial charge in [0.25, 0.3) is 0 Å². The van der Waals surface area contributed by atoms with E-state index < -0.39 is 0 Å². The van der Waals surface area contributed by atoms with Crippen molar-refractivity contribution in [2.45, 2.75) is 39.7 Å². The van der Waals surface area contributed by atoms with Crippen LogP contribution in [0.25, 0.3) is 11.3 Å². The van der Waals surface area contributed by atoms with Crippen molar-refractivity contribution in [1.29, 1.82) is 0 Å². The van der Waals surface area contributed by atoms with Crippen LogP contribution in [0.5, 0.6) is 0 Å². The first-order chi connectivity index (χ1) is 16.0. The molecule has 1 aromatic heterocycles. The van der Waals surface area contributed by atoms with Crippen molar-refractivity contribution in [1.82, 2.24) is 15.1 Å². The van der Waals surface area contributed by atoms with Crippen LogP contribution in [-0.2, 0) is 29.0 Å². The van der Waals surface area contributed by atoms with Crippen molar-refractivity contribution in [3.8, 4) is 11.3 Å². The lowest BCUT2D eigenvalue weighted by Crippen LogP contribution is -2.40. The monoisotopic (exact) mass is 462 g/mol. The Morgan fingerprint density at radius 2 is 2.06 bits per heavy atom. The number of amides is 2. The molecule has 2 aromatic carbocycles. The van der Waals surface area contributed by atoms with E-state index in [0.717, 1.165) is 52.2 Å². The molecule has 0 bridgehead atoms. The first-order valence-corrected chi connectivity index (χ1v) is 11.8. The lowest BCUT2D eigenvalue weighted by Gasteiger charge is -2.29. The van der Waals surface area contributed by atoms with Gasteiger partial charge in [-0.05, 0) is 36.6 Å². The summed E-state index contributed by atoms with van der Waals surface area (Å²) in [5.74, 6) is -0.260. The van der Waals surface area contributed by atoms with Crippen LogP contribution in [0.3, 0.4) is 0 Å². The molecule has 0 aliphatic carbocycles. The van der Waals surface area contributed by atoms with E-state index in [1.165, 1.54) is 0 Å². The molecular formula is C26H27ClN4O2. The largest absolute Gasteiger partial charge is 0.338 e. The van der Waals surface area contributed by atoms with E-state index in [1.54, 1.807) is 0 Å². The number of carbonyl (C=O) groups excluding carboxylic acids is 2. The molecule has 1 N–H and O–H groups in total. The van der Waals surface area contributed by atoms with Crippen LogP contribution in [0, 0.1) is 12.8 Å². The number of aryl methyl sites for hydroxylation is 2. The molecule has 0 spiro atoms. The smallest absolute Gasteiger partial charge is 0.228 e. The van der Waals surface area contributed by atoms with Gasteiger partial charge in [0.15, 0.2) is 0 Å². The van der Waals surface area contributed by atoms with E-state index in [-0.39, 0.29) is 24.2 Å². The summed E-state index contributed by atoms with van der Waals surface area (Å²) in [5, 5.41) is 8.30. The molecule has 3 aromatic rings. The number of aromatic nitrogens is 2. The summed E-state index contributed by atoms with van der Waals surface area (Å²) in [6.07, 6.45) is 1.82. The zero-order valence-electron chi connectivity index (χ0n) is 18.9. The second kappa shape index (κ2) is 8.67. The molecule has 2 amide bonds. The predicted molar refractivity (Wildman–Crippen MR) is 129 cm³/mol. The van der Waals surface area contributed by atoms with Crippen LogP contribution in [0.4, 0.5) is 5.69 Å². The molecule has 33 heavy (non-hydrogen) atoms. The average molecular weight is 463 g/mol. The number of hydrogen-bond donors (Lipinski definition) is 1. The van der Waals surface area contributed by atoms with Gasteiger partial charge in [-0.2, -0.15) is 5.10 Å². The van der Waals surface area contributed by atoms with Crippen molar-refractivity contribution in [2.75, 3.05) is 18.0 Å². The van der Waals surface area contributed by atoms with Crippen molar-refractivity contribution in [3.63, 3.8) is 0 Å². The molecule has 1 saturated heterocycles. The molecule has 0 saturated carbocycles. The number of para-hydroxylation sites is 1. The lowest BCUT2D eigenvalue weighted by molar-refractivity contribution is -0.136. The lowest BCUT2D eigenvalue weighted by atomic mass is 9.99. The quantitative estimate of drug-likeness (QED) is 0.618. The maximum atomic E-state index is 13.5. The summed E-state index contributed by atoms with van der Waals surface area (Å²) in [4.78, 5) is 30.1. The molecule has 1 fully saturated rings. The third kappa shape index (κ3) is 3.93. The minimum atomic E-state index is -0.329. The van der Waals surface area contributed by atoms with E-state index in [0.29, 0.717) is 24.7 Å². The van der Waals surface area contributed by atoms with Crippen molar-refractivity contribution in [2.24, 2.45) is 5.92 Å². The van der Waals surface area contributed by atoms with Gasteiger partial charge in [-0.1, -0.05) is 48.9 Å². The highest BCUT2D eigenvalue weighted by Gasteiger charge is 2.39. The number of hydrogen-bond acceptors (Lipinski definition) is 3. The molecule has 5 rings (SSSR count). The third-order valence-electron chi connectivity index (χ3n) is 6.79. The van der Waals surface area contributed by atoms with Crippen LogP contribution in [-0.4, -0.2) is 40.0 Å². The van der Waals surface area contributed by atoms with Crippen LogP contribution >= 0.6 is 11.6 Å². The molecule has 1 unspecified atom stereocenters. The van der Waals surface area contributed by atoms with Gasteiger partial charge in [0, 0.05) is 60.0 Å². The number of carbonyl (C=O) groups is 2. The van der Waals surface area contributed by atoms with Gasteiger partial charge in [-0.25, -0.2) is 0 Å². The summed E-state index contributed by atoms with van der Waals surface area (Å²) in [7, 11) is 0. The second-order valence-corrected chi connectivity index (χ2v) is 9.33. The van der Waals surface area contributed by atoms with Gasteiger partial charge < -0.3 is 9.80 Å². The molecule has 2 aliphatic rings. The number of H-pyrrole nitrogens is 1. The van der Waals surface area contributed by atoms with Gasteiger partial charge in [-0.3, -0.25) is 14.7 Å². The Morgan fingerprint density at radius 3 is 2.85 bits per heavy atom. The molecule has 1 atom stereocenters. The maximum Gasteiger partial charge on any atom is 0.228 e. The number of anilines is 1. The summed E-state index contributed by atoms with van der Waals surface area (Å²) in [5.41, 5.74) is 7.05. The summed E-state index contributed by atoms with van der Waals surface area (Å²) in [6.45, 7) is 5.67. The summed E-state index contributed by atoms with van der Waals surface area (Å²) in [6, 6.07) is 13.7. The normalized spacial score (nSPS) is 18.0. The van der Waals surface area contributed by atoms with E-state index in [4.69, 9.17) is 11.6 Å². The standard InChI is InChI=1S/C26H27ClN4O2/c1-3-17-7-4-6-16(2)25(17)31-14-19(13-23(31)32)26(33)30-11-10-22-21(15-30)24(29-28-22)18-8-5-9-20(27)12-18/h4-9,12,19H,3,10-11,13-15H2,1-2H3,(H,28,29). The Balaban J connectivity index is 1.36. The number of halogens is 1. The molecule has 7 heteroatoms. The van der Waals surface area contributed by atoms with E-state index in [9.17, 15) is 9.59 Å². The number of aromatic amines is 1. The van der Waals surface area contributed by atoms with Crippen molar-refractivity contribution >= 4 is 29.1 Å². The second-order valence-electron chi connectivity index (χ2n) is 8.89.